The summed E-state index contributed by atoms with van der Waals surface area (Å²) in [4.78, 5) is 0. The molecule has 0 fully saturated rings. The van der Waals surface area contributed by atoms with E-state index in [2.05, 4.69) is 0 Å². The van der Waals surface area contributed by atoms with Gasteiger partial charge >= 0.3 is 0 Å². The first kappa shape index (κ1) is 14.8. The van der Waals surface area contributed by atoms with E-state index in [-0.39, 0.29) is 6.61 Å². The predicted molar refractivity (Wildman–Crippen MR) is 55.1 cm³/mol. The van der Waals surface area contributed by atoms with Crippen LogP contribution in [-0.2, 0) is 0 Å². The molecule has 15 heavy (non-hydrogen) atoms. The van der Waals surface area contributed by atoms with Gasteiger partial charge in [-0.1, -0.05) is 20.8 Å². The summed E-state index contributed by atoms with van der Waals surface area (Å²) in [6.07, 6.45) is -4.11. The Kier molecular flexibility index (Phi) is 5.69. The maximum atomic E-state index is 9.73. The molecule has 0 saturated carbocycles. The molecule has 5 nitrogen and oxygen atoms in total. The Labute approximate surface area is 90.0 Å². The molecule has 0 heterocycles. The fourth-order valence-corrected chi connectivity index (χ4v) is 1.47. The summed E-state index contributed by atoms with van der Waals surface area (Å²) >= 11 is 0. The molecule has 0 aliphatic carbocycles. The Morgan fingerprint density at radius 2 is 1.33 bits per heavy atom. The molecule has 4 atom stereocenters. The first-order valence-corrected chi connectivity index (χ1v) is 5.01. The van der Waals surface area contributed by atoms with Crippen molar-refractivity contribution in [3.8, 4) is 0 Å². The second-order valence-electron chi connectivity index (χ2n) is 4.89. The molecule has 0 aromatic heterocycles. The molecule has 0 saturated heterocycles. The normalized spacial score (nSPS) is 20.8. The van der Waals surface area contributed by atoms with Crippen LogP contribution >= 0.6 is 0 Å². The van der Waals surface area contributed by atoms with Gasteiger partial charge in [-0.25, -0.2) is 0 Å². The molecule has 0 bridgehead atoms. The van der Waals surface area contributed by atoms with Gasteiger partial charge in [0.2, 0.25) is 0 Å². The van der Waals surface area contributed by atoms with Gasteiger partial charge in [0.1, 0.15) is 12.2 Å². The SMILES string of the molecule is CC(C)(C)C(CO)[C@H](O)[C@@H](O)[C@@H](O)CO. The topological polar surface area (TPSA) is 101 Å². The third-order valence-corrected chi connectivity index (χ3v) is 2.65. The number of hydrogen-bond acceptors (Lipinski definition) is 5. The van der Waals surface area contributed by atoms with Crippen LogP contribution in [0.4, 0.5) is 0 Å². The number of rotatable bonds is 5. The van der Waals surface area contributed by atoms with E-state index in [0.717, 1.165) is 0 Å². The average Bonchev–Trinajstić information content (AvgIpc) is 2.14. The summed E-state index contributed by atoms with van der Waals surface area (Å²) in [5, 5.41) is 46.1. The van der Waals surface area contributed by atoms with Gasteiger partial charge in [0, 0.05) is 12.5 Å². The van der Waals surface area contributed by atoms with E-state index in [1.54, 1.807) is 0 Å². The highest BCUT2D eigenvalue weighted by atomic mass is 16.4. The van der Waals surface area contributed by atoms with Gasteiger partial charge in [-0.2, -0.15) is 0 Å². The third kappa shape index (κ3) is 4.04. The third-order valence-electron chi connectivity index (χ3n) is 2.65. The molecule has 0 radical (unpaired) electrons. The first-order valence-electron chi connectivity index (χ1n) is 5.01. The van der Waals surface area contributed by atoms with E-state index in [1.165, 1.54) is 0 Å². The molecule has 0 amide bonds. The molecule has 92 valence electrons. The van der Waals surface area contributed by atoms with Crippen LogP contribution in [-0.4, -0.2) is 57.1 Å². The lowest BCUT2D eigenvalue weighted by atomic mass is 9.76. The van der Waals surface area contributed by atoms with Gasteiger partial charge in [-0.15, -0.1) is 0 Å². The lowest BCUT2D eigenvalue weighted by Gasteiger charge is -2.36. The van der Waals surface area contributed by atoms with Crippen LogP contribution in [0.5, 0.6) is 0 Å². The van der Waals surface area contributed by atoms with Crippen molar-refractivity contribution in [1.29, 1.82) is 0 Å². The van der Waals surface area contributed by atoms with Crippen LogP contribution in [0.25, 0.3) is 0 Å². The highest BCUT2D eigenvalue weighted by molar-refractivity contribution is 4.86. The number of aliphatic hydroxyl groups is 5. The maximum absolute atomic E-state index is 9.73. The lowest BCUT2D eigenvalue weighted by molar-refractivity contribution is -0.119. The molecular weight excluding hydrogens is 200 g/mol. The maximum Gasteiger partial charge on any atom is 0.108 e. The predicted octanol–water partition coefficient (Wildman–Crippen LogP) is -1.28. The van der Waals surface area contributed by atoms with Crippen LogP contribution in [0.2, 0.25) is 0 Å². The van der Waals surface area contributed by atoms with Gasteiger partial charge in [-0.3, -0.25) is 0 Å². The van der Waals surface area contributed by atoms with Crippen molar-refractivity contribution < 1.29 is 25.5 Å². The van der Waals surface area contributed by atoms with Gasteiger partial charge < -0.3 is 25.5 Å². The van der Waals surface area contributed by atoms with E-state index in [0.29, 0.717) is 0 Å². The number of aliphatic hydroxyl groups excluding tert-OH is 5. The Bertz CT molecular complexity index is 177. The van der Waals surface area contributed by atoms with Crippen molar-refractivity contribution in [2.45, 2.75) is 39.1 Å². The van der Waals surface area contributed by atoms with Crippen LogP contribution in [0.15, 0.2) is 0 Å². The van der Waals surface area contributed by atoms with Crippen LogP contribution < -0.4 is 0 Å². The smallest absolute Gasteiger partial charge is 0.108 e. The van der Waals surface area contributed by atoms with E-state index < -0.39 is 36.3 Å². The monoisotopic (exact) mass is 222 g/mol. The van der Waals surface area contributed by atoms with E-state index >= 15 is 0 Å². The standard InChI is InChI=1S/C10H22O5/c1-10(2,3)6(4-11)8(14)9(15)7(13)5-12/h6-9,11-15H,4-5H2,1-3H3/t6?,7-,8-,9-/m0/s1. The van der Waals surface area contributed by atoms with Crippen molar-refractivity contribution in [2.24, 2.45) is 11.3 Å². The summed E-state index contributed by atoms with van der Waals surface area (Å²) in [5.74, 6) is -0.561. The molecule has 0 rings (SSSR count). The molecular formula is C10H22O5. The van der Waals surface area contributed by atoms with Gasteiger partial charge in [-0.05, 0) is 5.41 Å². The molecule has 1 unspecified atom stereocenters. The summed E-state index contributed by atoms with van der Waals surface area (Å²) in [6.45, 7) is 4.53. The molecule has 5 heteroatoms. The Hall–Kier alpha value is -0.200. The zero-order valence-corrected chi connectivity index (χ0v) is 9.46. The van der Waals surface area contributed by atoms with Gasteiger partial charge in [0.05, 0.1) is 12.7 Å². The summed E-state index contributed by atoms with van der Waals surface area (Å²) in [7, 11) is 0. The number of hydrogen-bond donors (Lipinski definition) is 5. The van der Waals surface area contributed by atoms with Crippen molar-refractivity contribution in [3.05, 3.63) is 0 Å². The van der Waals surface area contributed by atoms with Crippen LogP contribution in [0.3, 0.4) is 0 Å². The Morgan fingerprint density at radius 3 is 1.60 bits per heavy atom. The fourth-order valence-electron chi connectivity index (χ4n) is 1.47. The summed E-state index contributed by atoms with van der Waals surface area (Å²) in [5.41, 5.74) is -0.398. The Morgan fingerprint density at radius 1 is 0.867 bits per heavy atom. The molecule has 5 N–H and O–H groups in total. The van der Waals surface area contributed by atoms with Crippen molar-refractivity contribution in [3.63, 3.8) is 0 Å². The molecule has 0 aromatic carbocycles. The fraction of sp³-hybridized carbons (Fsp3) is 1.00. The Balaban J connectivity index is 4.58. The van der Waals surface area contributed by atoms with E-state index in [4.69, 9.17) is 15.3 Å². The quantitative estimate of drug-likeness (QED) is 0.399. The summed E-state index contributed by atoms with van der Waals surface area (Å²) in [6, 6.07) is 0. The summed E-state index contributed by atoms with van der Waals surface area (Å²) < 4.78 is 0. The van der Waals surface area contributed by atoms with Crippen LogP contribution in [0.1, 0.15) is 20.8 Å². The lowest BCUT2D eigenvalue weighted by Crippen LogP contribution is -2.48. The van der Waals surface area contributed by atoms with Crippen molar-refractivity contribution >= 4 is 0 Å². The minimum atomic E-state index is -1.45. The highest BCUT2D eigenvalue weighted by Crippen LogP contribution is 2.30. The molecule has 0 spiro atoms. The zero-order valence-electron chi connectivity index (χ0n) is 9.46. The second kappa shape index (κ2) is 5.77. The molecule has 0 aliphatic rings. The minimum absolute atomic E-state index is 0.292. The van der Waals surface area contributed by atoms with Crippen LogP contribution in [0, 0.1) is 11.3 Å². The first-order chi connectivity index (χ1) is 6.75. The van der Waals surface area contributed by atoms with Crippen molar-refractivity contribution in [1.82, 2.24) is 0 Å². The zero-order chi connectivity index (χ0) is 12.2. The molecule has 0 aromatic rings. The van der Waals surface area contributed by atoms with Crippen molar-refractivity contribution in [2.75, 3.05) is 13.2 Å². The molecule has 0 aliphatic heterocycles. The van der Waals surface area contributed by atoms with Gasteiger partial charge in [0.25, 0.3) is 0 Å². The van der Waals surface area contributed by atoms with E-state index in [1.807, 2.05) is 20.8 Å². The average molecular weight is 222 g/mol. The minimum Gasteiger partial charge on any atom is -0.396 e. The largest absolute Gasteiger partial charge is 0.396 e. The highest BCUT2D eigenvalue weighted by Gasteiger charge is 2.37. The van der Waals surface area contributed by atoms with E-state index in [9.17, 15) is 10.2 Å². The van der Waals surface area contributed by atoms with Gasteiger partial charge in [0.15, 0.2) is 0 Å². The second-order valence-corrected chi connectivity index (χ2v) is 4.89.